The molecule has 3 nitrogen and oxygen atoms in total. The van der Waals surface area contributed by atoms with Crippen LogP contribution in [0, 0.1) is 11.5 Å². The minimum absolute atomic E-state index is 0.301. The van der Waals surface area contributed by atoms with Gasteiger partial charge in [-0.2, -0.15) is 5.26 Å². The molecule has 0 unspecified atom stereocenters. The van der Waals surface area contributed by atoms with Crippen LogP contribution in [0.15, 0.2) is 29.3 Å². The summed E-state index contributed by atoms with van der Waals surface area (Å²) >= 11 is 0. The predicted octanol–water partition coefficient (Wildman–Crippen LogP) is 2.42. The Kier molecular flexibility index (Phi) is 3.77. The fraction of sp³-hybridized carbons (Fsp3) is 0.429. The van der Waals surface area contributed by atoms with E-state index in [4.69, 9.17) is 5.26 Å². The van der Waals surface area contributed by atoms with Crippen LogP contribution in [0.1, 0.15) is 30.9 Å². The molecule has 88 valence electrons. The quantitative estimate of drug-likeness (QED) is 0.373. The van der Waals surface area contributed by atoms with E-state index in [2.05, 4.69) is 41.5 Å². The minimum Gasteiger partial charge on any atom is -0.281 e. The number of hydrogen-bond acceptors (Lipinski definition) is 2. The molecule has 0 saturated heterocycles. The largest absolute Gasteiger partial charge is 0.281 e. The molecule has 0 aliphatic heterocycles. The first kappa shape index (κ1) is 11.7. The number of hydrogen-bond donors (Lipinski definition) is 1. The van der Waals surface area contributed by atoms with Crippen molar-refractivity contribution in [2.24, 2.45) is 4.99 Å². The summed E-state index contributed by atoms with van der Waals surface area (Å²) in [5, 5.41) is 11.4. The van der Waals surface area contributed by atoms with Crippen LogP contribution in [0.4, 0.5) is 0 Å². The number of nitriles is 1. The Morgan fingerprint density at radius 3 is 2.59 bits per heavy atom. The molecule has 0 spiro atoms. The van der Waals surface area contributed by atoms with Gasteiger partial charge >= 0.3 is 0 Å². The molecule has 0 atom stereocenters. The fourth-order valence-corrected chi connectivity index (χ4v) is 2.31. The van der Waals surface area contributed by atoms with Crippen molar-refractivity contribution in [3.63, 3.8) is 0 Å². The molecule has 2 rings (SSSR count). The summed E-state index contributed by atoms with van der Waals surface area (Å²) in [4.78, 5) is 4.65. The third-order valence-corrected chi connectivity index (χ3v) is 3.05. The number of nitrogens with one attached hydrogen (secondary N) is 1. The van der Waals surface area contributed by atoms with Crippen molar-refractivity contribution >= 4 is 5.84 Å². The molecule has 1 aromatic carbocycles. The van der Waals surface area contributed by atoms with E-state index in [-0.39, 0.29) is 0 Å². The first-order valence-corrected chi connectivity index (χ1v) is 6.12. The third kappa shape index (κ3) is 2.85. The second-order valence-corrected chi connectivity index (χ2v) is 4.39. The van der Waals surface area contributed by atoms with Gasteiger partial charge in [0.25, 0.3) is 0 Å². The van der Waals surface area contributed by atoms with Crippen molar-refractivity contribution in [3.05, 3.63) is 35.4 Å². The average Bonchev–Trinajstić information content (AvgIpc) is 2.71. The lowest BCUT2D eigenvalue weighted by Crippen LogP contribution is -2.21. The Morgan fingerprint density at radius 2 is 2.06 bits per heavy atom. The highest BCUT2D eigenvalue weighted by Crippen LogP contribution is 2.23. The van der Waals surface area contributed by atoms with Gasteiger partial charge in [-0.25, -0.2) is 0 Å². The molecule has 0 fully saturated rings. The van der Waals surface area contributed by atoms with E-state index in [0.717, 1.165) is 31.5 Å². The Bertz CT molecular complexity index is 432. The highest BCUT2D eigenvalue weighted by atomic mass is 15.0. The number of amidine groups is 1. The van der Waals surface area contributed by atoms with Crippen LogP contribution in [-0.4, -0.2) is 11.9 Å². The number of aliphatic imine (C=N–C) groups is 1. The molecule has 0 saturated carbocycles. The van der Waals surface area contributed by atoms with E-state index >= 15 is 0 Å². The number of fused-ring (bicyclic) bond motifs is 1. The predicted molar refractivity (Wildman–Crippen MR) is 68.7 cm³/mol. The monoisotopic (exact) mass is 227 g/mol. The third-order valence-electron chi connectivity index (χ3n) is 3.05. The molecule has 0 aromatic heterocycles. The first-order chi connectivity index (χ1) is 8.33. The van der Waals surface area contributed by atoms with Crippen LogP contribution in [0.5, 0.6) is 0 Å². The molecule has 17 heavy (non-hydrogen) atoms. The Morgan fingerprint density at radius 1 is 1.41 bits per heavy atom. The van der Waals surface area contributed by atoms with Gasteiger partial charge in [0.05, 0.1) is 6.04 Å². The van der Waals surface area contributed by atoms with Crippen LogP contribution in [0.2, 0.25) is 0 Å². The molecule has 1 aliphatic rings. The molecule has 0 bridgehead atoms. The maximum absolute atomic E-state index is 8.67. The SMILES string of the molecule is CCCC(=NC1Cc2ccccc2C1)NC#N. The number of nitrogens with zero attached hydrogens (tertiary/aromatic N) is 2. The van der Waals surface area contributed by atoms with E-state index in [1.54, 1.807) is 0 Å². The zero-order chi connectivity index (χ0) is 12.1. The van der Waals surface area contributed by atoms with Crippen LogP contribution in [0.25, 0.3) is 0 Å². The van der Waals surface area contributed by atoms with Gasteiger partial charge in [0, 0.05) is 6.42 Å². The molecular weight excluding hydrogens is 210 g/mol. The minimum atomic E-state index is 0.301. The van der Waals surface area contributed by atoms with Crippen molar-refractivity contribution < 1.29 is 0 Å². The summed E-state index contributed by atoms with van der Waals surface area (Å²) in [5.74, 6) is 0.827. The summed E-state index contributed by atoms with van der Waals surface area (Å²) in [6, 6.07) is 8.79. The summed E-state index contributed by atoms with van der Waals surface area (Å²) < 4.78 is 0. The van der Waals surface area contributed by atoms with Gasteiger partial charge in [-0.1, -0.05) is 31.2 Å². The van der Waals surface area contributed by atoms with Gasteiger partial charge < -0.3 is 0 Å². The maximum Gasteiger partial charge on any atom is 0.182 e. The van der Waals surface area contributed by atoms with Gasteiger partial charge in [-0.05, 0) is 30.4 Å². The number of rotatable bonds is 3. The van der Waals surface area contributed by atoms with E-state index < -0.39 is 0 Å². The lowest BCUT2D eigenvalue weighted by atomic mass is 10.1. The Hall–Kier alpha value is -1.82. The maximum atomic E-state index is 8.67. The Labute approximate surface area is 102 Å². The summed E-state index contributed by atoms with van der Waals surface area (Å²) in [6.07, 6.45) is 5.81. The zero-order valence-corrected chi connectivity index (χ0v) is 10.1. The van der Waals surface area contributed by atoms with Gasteiger partial charge in [-0.15, -0.1) is 0 Å². The van der Waals surface area contributed by atoms with E-state index in [1.807, 2.05) is 6.19 Å². The molecule has 3 heteroatoms. The van der Waals surface area contributed by atoms with Crippen LogP contribution in [0.3, 0.4) is 0 Å². The summed E-state index contributed by atoms with van der Waals surface area (Å²) in [7, 11) is 0. The molecule has 1 aromatic rings. The standard InChI is InChI=1S/C14H17N3/c1-2-5-14(16-10-15)17-13-8-11-6-3-4-7-12(11)9-13/h3-4,6-7,13H,2,5,8-9H2,1H3,(H,16,17). The topological polar surface area (TPSA) is 48.2 Å². The fourth-order valence-electron chi connectivity index (χ4n) is 2.31. The molecule has 0 amide bonds. The normalized spacial score (nSPS) is 15.4. The van der Waals surface area contributed by atoms with Crippen LogP contribution >= 0.6 is 0 Å². The van der Waals surface area contributed by atoms with Crippen LogP contribution < -0.4 is 5.32 Å². The van der Waals surface area contributed by atoms with Crippen molar-refractivity contribution in [1.29, 1.82) is 5.26 Å². The highest BCUT2D eigenvalue weighted by Gasteiger charge is 2.20. The number of benzene rings is 1. The van der Waals surface area contributed by atoms with Crippen molar-refractivity contribution in [3.8, 4) is 6.19 Å². The lowest BCUT2D eigenvalue weighted by molar-refractivity contribution is 0.713. The summed E-state index contributed by atoms with van der Waals surface area (Å²) in [6.45, 7) is 2.10. The molecule has 0 radical (unpaired) electrons. The van der Waals surface area contributed by atoms with Gasteiger partial charge in [0.15, 0.2) is 6.19 Å². The van der Waals surface area contributed by atoms with Crippen molar-refractivity contribution in [1.82, 2.24) is 5.32 Å². The first-order valence-electron chi connectivity index (χ1n) is 6.12. The van der Waals surface area contributed by atoms with Gasteiger partial charge in [0.1, 0.15) is 5.84 Å². The van der Waals surface area contributed by atoms with Gasteiger partial charge in [0.2, 0.25) is 0 Å². The van der Waals surface area contributed by atoms with E-state index in [1.165, 1.54) is 11.1 Å². The average molecular weight is 227 g/mol. The van der Waals surface area contributed by atoms with Crippen LogP contribution in [-0.2, 0) is 12.8 Å². The molecule has 1 aliphatic carbocycles. The van der Waals surface area contributed by atoms with Crippen molar-refractivity contribution in [2.75, 3.05) is 0 Å². The molecule has 1 N–H and O–H groups in total. The van der Waals surface area contributed by atoms with Gasteiger partial charge in [-0.3, -0.25) is 10.3 Å². The lowest BCUT2D eigenvalue weighted by Gasteiger charge is -2.07. The van der Waals surface area contributed by atoms with E-state index in [0.29, 0.717) is 6.04 Å². The summed E-state index contributed by atoms with van der Waals surface area (Å²) in [5.41, 5.74) is 2.79. The van der Waals surface area contributed by atoms with E-state index in [9.17, 15) is 0 Å². The second-order valence-electron chi connectivity index (χ2n) is 4.39. The smallest absolute Gasteiger partial charge is 0.182 e. The second kappa shape index (κ2) is 5.49. The molecular formula is C14H17N3. The molecule has 0 heterocycles. The van der Waals surface area contributed by atoms with Crippen molar-refractivity contribution in [2.45, 2.75) is 38.6 Å². The highest BCUT2D eigenvalue weighted by molar-refractivity contribution is 5.83. The zero-order valence-electron chi connectivity index (χ0n) is 10.1. The Balaban J connectivity index is 2.07.